The number of pyridine rings is 1. The number of halogens is 1. The minimum Gasteiger partial charge on any atom is -0.369 e. The molecule has 0 aliphatic rings. The first-order valence-corrected chi connectivity index (χ1v) is 4.77. The van der Waals surface area contributed by atoms with Crippen LogP contribution in [-0.2, 0) is 11.2 Å². The van der Waals surface area contributed by atoms with Gasteiger partial charge in [0.1, 0.15) is 0 Å². The Labute approximate surface area is 92.7 Å². The molecule has 16 heavy (non-hydrogen) atoms. The van der Waals surface area contributed by atoms with Crippen LogP contribution < -0.4 is 5.73 Å². The highest BCUT2D eigenvalue weighted by molar-refractivity contribution is 5.81. The number of aromatic nitrogens is 1. The summed E-state index contributed by atoms with van der Waals surface area (Å²) in [6.45, 7) is 3.24. The lowest BCUT2D eigenvalue weighted by atomic mass is 9.86. The van der Waals surface area contributed by atoms with E-state index in [-0.39, 0.29) is 17.7 Å². The average molecular weight is 224 g/mol. The van der Waals surface area contributed by atoms with Crippen LogP contribution in [0.5, 0.6) is 0 Å². The molecule has 0 aliphatic carbocycles. The van der Waals surface area contributed by atoms with Crippen molar-refractivity contribution in [1.29, 1.82) is 0 Å². The van der Waals surface area contributed by atoms with E-state index < -0.39 is 17.3 Å². The SMILES string of the molecule is CC(C)(Cc1nc(F)ccc1C=O)C(N)=O. The summed E-state index contributed by atoms with van der Waals surface area (Å²) in [6, 6.07) is 2.44. The highest BCUT2D eigenvalue weighted by Gasteiger charge is 2.27. The lowest BCUT2D eigenvalue weighted by Gasteiger charge is -2.20. The number of primary amides is 1. The third-order valence-corrected chi connectivity index (χ3v) is 2.38. The monoisotopic (exact) mass is 224 g/mol. The minimum atomic E-state index is -0.863. The van der Waals surface area contributed by atoms with Gasteiger partial charge in [0, 0.05) is 17.4 Å². The van der Waals surface area contributed by atoms with Crippen molar-refractivity contribution in [3.8, 4) is 0 Å². The van der Waals surface area contributed by atoms with Crippen LogP contribution in [0.4, 0.5) is 4.39 Å². The van der Waals surface area contributed by atoms with Gasteiger partial charge in [-0.25, -0.2) is 4.98 Å². The number of carbonyl (C=O) groups is 2. The largest absolute Gasteiger partial charge is 0.369 e. The lowest BCUT2D eigenvalue weighted by molar-refractivity contribution is -0.125. The van der Waals surface area contributed by atoms with E-state index in [1.54, 1.807) is 13.8 Å². The van der Waals surface area contributed by atoms with Crippen LogP contribution in [0.3, 0.4) is 0 Å². The molecule has 0 saturated heterocycles. The zero-order valence-corrected chi connectivity index (χ0v) is 9.16. The van der Waals surface area contributed by atoms with Gasteiger partial charge in [-0.2, -0.15) is 4.39 Å². The molecule has 4 nitrogen and oxygen atoms in total. The maximum Gasteiger partial charge on any atom is 0.223 e. The van der Waals surface area contributed by atoms with Crippen LogP contribution in [0.25, 0.3) is 0 Å². The molecule has 0 fully saturated rings. The van der Waals surface area contributed by atoms with Crippen LogP contribution in [0.15, 0.2) is 12.1 Å². The minimum absolute atomic E-state index is 0.133. The van der Waals surface area contributed by atoms with Crippen LogP contribution in [0, 0.1) is 11.4 Å². The Morgan fingerprint density at radius 2 is 2.19 bits per heavy atom. The quantitative estimate of drug-likeness (QED) is 0.614. The van der Waals surface area contributed by atoms with Gasteiger partial charge in [-0.1, -0.05) is 13.8 Å². The molecule has 0 saturated carbocycles. The smallest absolute Gasteiger partial charge is 0.223 e. The molecule has 2 N–H and O–H groups in total. The molecular formula is C11H13FN2O2. The Balaban J connectivity index is 3.09. The van der Waals surface area contributed by atoms with Gasteiger partial charge >= 0.3 is 0 Å². The van der Waals surface area contributed by atoms with E-state index in [1.807, 2.05) is 0 Å². The van der Waals surface area contributed by atoms with Crippen molar-refractivity contribution in [2.75, 3.05) is 0 Å². The predicted octanol–water partition coefficient (Wildman–Crippen LogP) is 1.09. The third-order valence-electron chi connectivity index (χ3n) is 2.38. The molecule has 0 bridgehead atoms. The number of hydrogen-bond donors (Lipinski definition) is 1. The van der Waals surface area contributed by atoms with E-state index in [2.05, 4.69) is 4.98 Å². The van der Waals surface area contributed by atoms with Crippen molar-refractivity contribution in [2.45, 2.75) is 20.3 Å². The summed E-state index contributed by atoms with van der Waals surface area (Å²) in [5.41, 5.74) is 4.86. The molecule has 0 aliphatic heterocycles. The Kier molecular flexibility index (Phi) is 3.37. The summed E-state index contributed by atoms with van der Waals surface area (Å²) >= 11 is 0. The third kappa shape index (κ3) is 2.62. The summed E-state index contributed by atoms with van der Waals surface area (Å²) in [7, 11) is 0. The summed E-state index contributed by atoms with van der Waals surface area (Å²) in [5.74, 6) is -1.20. The Morgan fingerprint density at radius 3 is 2.69 bits per heavy atom. The van der Waals surface area contributed by atoms with Crippen molar-refractivity contribution in [3.05, 3.63) is 29.3 Å². The standard InChI is InChI=1S/C11H13FN2O2/c1-11(2,10(13)16)5-8-7(6-15)3-4-9(12)14-8/h3-4,6H,5H2,1-2H3,(H2,13,16). The van der Waals surface area contributed by atoms with Crippen LogP contribution in [-0.4, -0.2) is 17.2 Å². The van der Waals surface area contributed by atoms with Gasteiger partial charge < -0.3 is 5.73 Å². The van der Waals surface area contributed by atoms with Crippen LogP contribution in [0.2, 0.25) is 0 Å². The maximum absolute atomic E-state index is 12.9. The molecule has 1 aromatic rings. The molecule has 0 radical (unpaired) electrons. The molecular weight excluding hydrogens is 211 g/mol. The fourth-order valence-corrected chi connectivity index (χ4v) is 1.24. The summed E-state index contributed by atoms with van der Waals surface area (Å²) in [5, 5.41) is 0. The van der Waals surface area contributed by atoms with Gasteiger partial charge in [-0.3, -0.25) is 9.59 Å². The lowest BCUT2D eigenvalue weighted by Crippen LogP contribution is -2.34. The van der Waals surface area contributed by atoms with Crippen molar-refractivity contribution in [1.82, 2.24) is 4.98 Å². The van der Waals surface area contributed by atoms with Crippen molar-refractivity contribution in [2.24, 2.45) is 11.1 Å². The number of nitrogens with two attached hydrogens (primary N) is 1. The van der Waals surface area contributed by atoms with E-state index in [9.17, 15) is 14.0 Å². The van der Waals surface area contributed by atoms with E-state index in [0.29, 0.717) is 6.29 Å². The molecule has 1 rings (SSSR count). The summed E-state index contributed by atoms with van der Waals surface area (Å²) in [6.07, 6.45) is 0.715. The average Bonchev–Trinajstić information content (AvgIpc) is 2.17. The fourth-order valence-electron chi connectivity index (χ4n) is 1.24. The summed E-state index contributed by atoms with van der Waals surface area (Å²) in [4.78, 5) is 25.4. The first kappa shape index (κ1) is 12.3. The van der Waals surface area contributed by atoms with Crippen LogP contribution >= 0.6 is 0 Å². The topological polar surface area (TPSA) is 73.1 Å². The van der Waals surface area contributed by atoms with Gasteiger partial charge in [0.15, 0.2) is 6.29 Å². The van der Waals surface area contributed by atoms with Gasteiger partial charge in [0.25, 0.3) is 0 Å². The second kappa shape index (κ2) is 4.38. The van der Waals surface area contributed by atoms with Gasteiger partial charge in [-0.15, -0.1) is 0 Å². The molecule has 1 heterocycles. The normalized spacial score (nSPS) is 11.2. The molecule has 0 unspecified atom stereocenters. The van der Waals surface area contributed by atoms with Crippen molar-refractivity contribution < 1.29 is 14.0 Å². The highest BCUT2D eigenvalue weighted by Crippen LogP contribution is 2.21. The molecule has 5 heteroatoms. The predicted molar refractivity (Wildman–Crippen MR) is 56.3 cm³/mol. The Hall–Kier alpha value is -1.78. The molecule has 0 spiro atoms. The van der Waals surface area contributed by atoms with Crippen LogP contribution in [0.1, 0.15) is 29.9 Å². The second-order valence-electron chi connectivity index (χ2n) is 4.21. The molecule has 1 amide bonds. The van der Waals surface area contributed by atoms with Gasteiger partial charge in [0.2, 0.25) is 11.9 Å². The second-order valence-corrected chi connectivity index (χ2v) is 4.21. The van der Waals surface area contributed by atoms with Gasteiger partial charge in [0.05, 0.1) is 5.69 Å². The number of nitrogens with zero attached hydrogens (tertiary/aromatic N) is 1. The van der Waals surface area contributed by atoms with Gasteiger partial charge in [-0.05, 0) is 12.1 Å². The molecule has 86 valence electrons. The Morgan fingerprint density at radius 1 is 1.56 bits per heavy atom. The van der Waals surface area contributed by atoms with Crippen molar-refractivity contribution >= 4 is 12.2 Å². The fraction of sp³-hybridized carbons (Fsp3) is 0.364. The summed E-state index contributed by atoms with van der Waals surface area (Å²) < 4.78 is 12.9. The number of carbonyl (C=O) groups excluding carboxylic acids is 2. The molecule has 0 atom stereocenters. The molecule has 1 aromatic heterocycles. The number of rotatable bonds is 4. The number of hydrogen-bond acceptors (Lipinski definition) is 3. The maximum atomic E-state index is 12.9. The first-order valence-electron chi connectivity index (χ1n) is 4.77. The molecule has 0 aromatic carbocycles. The van der Waals surface area contributed by atoms with Crippen molar-refractivity contribution in [3.63, 3.8) is 0 Å². The zero-order chi connectivity index (χ0) is 12.3. The zero-order valence-electron chi connectivity index (χ0n) is 9.16. The van der Waals surface area contributed by atoms with E-state index in [4.69, 9.17) is 5.73 Å². The number of amides is 1. The number of aldehydes is 1. The van der Waals surface area contributed by atoms with E-state index >= 15 is 0 Å². The Bertz CT molecular complexity index is 430. The first-order chi connectivity index (χ1) is 7.36. The van der Waals surface area contributed by atoms with E-state index in [1.165, 1.54) is 6.07 Å². The highest BCUT2D eigenvalue weighted by atomic mass is 19.1. The van der Waals surface area contributed by atoms with E-state index in [0.717, 1.165) is 6.07 Å².